The Hall–Kier alpha value is -3.86. The second-order valence-electron chi connectivity index (χ2n) is 7.86. The van der Waals surface area contributed by atoms with Crippen molar-refractivity contribution in [2.45, 2.75) is 27.7 Å². The topological polar surface area (TPSA) is 70.9 Å². The van der Waals surface area contributed by atoms with E-state index >= 15 is 0 Å². The van der Waals surface area contributed by atoms with Crippen LogP contribution < -0.4 is 5.43 Å². The number of aliphatic imine (C=N–C) groups is 1. The van der Waals surface area contributed by atoms with Crippen molar-refractivity contribution in [3.05, 3.63) is 105 Å². The quantitative estimate of drug-likeness (QED) is 0.329. The molecule has 1 N–H and O–H groups in total. The fraction of sp³-hybridized carbons (Fsp3) is 0.185. The van der Waals surface area contributed by atoms with Crippen LogP contribution in [-0.4, -0.2) is 30.7 Å². The second-order valence-corrected chi connectivity index (χ2v) is 7.86. The van der Waals surface area contributed by atoms with Crippen LogP contribution in [-0.2, 0) is 0 Å². The summed E-state index contributed by atoms with van der Waals surface area (Å²) in [5.41, 5.74) is 10.00. The van der Waals surface area contributed by atoms with Gasteiger partial charge < -0.3 is 0 Å². The Morgan fingerprint density at radius 1 is 0.719 bits per heavy atom. The van der Waals surface area contributed by atoms with Gasteiger partial charge in [-0.25, -0.2) is 5.43 Å². The first-order valence-electron chi connectivity index (χ1n) is 10.4. The van der Waals surface area contributed by atoms with Gasteiger partial charge in [-0.3, -0.25) is 14.6 Å². The minimum atomic E-state index is -0.249. The number of aryl methyl sites for hydroxylation is 4. The molecule has 162 valence electrons. The first kappa shape index (κ1) is 22.8. The van der Waals surface area contributed by atoms with Crippen LogP contribution in [0.15, 0.2) is 70.8 Å². The molecule has 0 aromatic heterocycles. The van der Waals surface area contributed by atoms with E-state index < -0.39 is 0 Å². The minimum Gasteiger partial charge on any atom is -0.292 e. The summed E-state index contributed by atoms with van der Waals surface area (Å²) in [6, 6.07) is 18.8. The summed E-state index contributed by atoms with van der Waals surface area (Å²) < 4.78 is 0. The Morgan fingerprint density at radius 3 is 1.84 bits per heavy atom. The molecule has 0 atom stereocenters. The number of hydrazone groups is 1. The zero-order valence-electron chi connectivity index (χ0n) is 18.8. The molecule has 0 aliphatic rings. The molecule has 1 amide bonds. The number of rotatable bonds is 7. The third kappa shape index (κ3) is 6.08. The van der Waals surface area contributed by atoms with Crippen LogP contribution in [0.5, 0.6) is 0 Å². The van der Waals surface area contributed by atoms with Crippen molar-refractivity contribution in [2.75, 3.05) is 6.54 Å². The molecule has 0 fully saturated rings. The molecular formula is C27H27N3O2. The molecule has 3 aromatic rings. The maximum absolute atomic E-state index is 12.3. The molecule has 0 saturated carbocycles. The maximum atomic E-state index is 12.3. The van der Waals surface area contributed by atoms with Crippen LogP contribution >= 0.6 is 0 Å². The van der Waals surface area contributed by atoms with Crippen molar-refractivity contribution >= 4 is 24.1 Å². The SMILES string of the molecule is Cc1ccc(C(=O)CN=Cc2ccc(/C=N/NC(=O)c3ccc(C)c(C)c3)cc2)cc1C. The van der Waals surface area contributed by atoms with Gasteiger partial charge in [0, 0.05) is 17.3 Å². The van der Waals surface area contributed by atoms with Crippen molar-refractivity contribution in [3.8, 4) is 0 Å². The van der Waals surface area contributed by atoms with Crippen molar-refractivity contribution in [1.82, 2.24) is 5.43 Å². The number of ketones is 1. The van der Waals surface area contributed by atoms with E-state index in [-0.39, 0.29) is 18.2 Å². The van der Waals surface area contributed by atoms with Crippen molar-refractivity contribution in [2.24, 2.45) is 10.1 Å². The highest BCUT2D eigenvalue weighted by molar-refractivity contribution is 5.99. The number of carbonyl (C=O) groups excluding carboxylic acids is 2. The lowest BCUT2D eigenvalue weighted by atomic mass is 10.0. The smallest absolute Gasteiger partial charge is 0.271 e. The third-order valence-electron chi connectivity index (χ3n) is 5.39. The number of nitrogens with zero attached hydrogens (tertiary/aromatic N) is 2. The van der Waals surface area contributed by atoms with Gasteiger partial charge in [0.25, 0.3) is 5.91 Å². The zero-order chi connectivity index (χ0) is 23.1. The molecule has 3 aromatic carbocycles. The van der Waals surface area contributed by atoms with E-state index in [0.29, 0.717) is 11.1 Å². The van der Waals surface area contributed by atoms with Gasteiger partial charge in [0.05, 0.1) is 6.21 Å². The lowest BCUT2D eigenvalue weighted by Crippen LogP contribution is -2.17. The van der Waals surface area contributed by atoms with E-state index in [1.807, 2.05) is 82.3 Å². The molecule has 0 radical (unpaired) electrons. The first-order valence-corrected chi connectivity index (χ1v) is 10.4. The molecule has 32 heavy (non-hydrogen) atoms. The van der Waals surface area contributed by atoms with E-state index in [1.165, 1.54) is 5.56 Å². The van der Waals surface area contributed by atoms with Crippen LogP contribution in [0.25, 0.3) is 0 Å². The lowest BCUT2D eigenvalue weighted by Gasteiger charge is -2.03. The lowest BCUT2D eigenvalue weighted by molar-refractivity contribution is 0.0953. The molecule has 5 nitrogen and oxygen atoms in total. The Labute approximate surface area is 188 Å². The van der Waals surface area contributed by atoms with Crippen LogP contribution in [0.3, 0.4) is 0 Å². The van der Waals surface area contributed by atoms with Gasteiger partial charge in [0.1, 0.15) is 6.54 Å². The maximum Gasteiger partial charge on any atom is 0.271 e. The number of hydrogen-bond donors (Lipinski definition) is 1. The highest BCUT2D eigenvalue weighted by Crippen LogP contribution is 2.11. The number of amides is 1. The normalized spacial score (nSPS) is 11.2. The summed E-state index contributed by atoms with van der Waals surface area (Å²) in [5, 5.41) is 4.03. The highest BCUT2D eigenvalue weighted by atomic mass is 16.2. The van der Waals surface area contributed by atoms with Crippen LogP contribution in [0.4, 0.5) is 0 Å². The van der Waals surface area contributed by atoms with Gasteiger partial charge in [-0.1, -0.05) is 42.5 Å². The van der Waals surface area contributed by atoms with E-state index in [2.05, 4.69) is 15.5 Å². The second kappa shape index (κ2) is 10.4. The number of carbonyl (C=O) groups is 2. The van der Waals surface area contributed by atoms with Gasteiger partial charge in [0.2, 0.25) is 0 Å². The van der Waals surface area contributed by atoms with Crippen molar-refractivity contribution in [3.63, 3.8) is 0 Å². The predicted octanol–water partition coefficient (Wildman–Crippen LogP) is 4.99. The third-order valence-corrected chi connectivity index (χ3v) is 5.39. The van der Waals surface area contributed by atoms with Crippen LogP contribution in [0, 0.1) is 27.7 Å². The highest BCUT2D eigenvalue weighted by Gasteiger charge is 2.06. The summed E-state index contributed by atoms with van der Waals surface area (Å²) >= 11 is 0. The summed E-state index contributed by atoms with van der Waals surface area (Å²) in [7, 11) is 0. The molecule has 0 saturated heterocycles. The van der Waals surface area contributed by atoms with Gasteiger partial charge in [0.15, 0.2) is 5.78 Å². The molecule has 0 bridgehead atoms. The number of hydrogen-bond acceptors (Lipinski definition) is 4. The number of benzene rings is 3. The zero-order valence-corrected chi connectivity index (χ0v) is 18.8. The van der Waals surface area contributed by atoms with E-state index in [9.17, 15) is 9.59 Å². The van der Waals surface area contributed by atoms with E-state index in [4.69, 9.17) is 0 Å². The summed E-state index contributed by atoms with van der Waals surface area (Å²) in [4.78, 5) is 28.8. The van der Waals surface area contributed by atoms with Crippen LogP contribution in [0.2, 0.25) is 0 Å². The number of Topliss-reactive ketones (excluding diaryl/α,β-unsaturated/α-hetero) is 1. The summed E-state index contributed by atoms with van der Waals surface area (Å²) in [5.74, 6) is -0.255. The number of nitrogens with one attached hydrogen (secondary N) is 1. The standard InChI is InChI=1S/C27H27N3O2/c1-18-5-11-24(13-20(18)3)26(31)17-28-15-22-7-9-23(10-8-22)16-29-30-27(32)25-12-6-19(2)21(4)14-25/h5-16H,17H2,1-4H3,(H,30,32)/b28-15?,29-16+. The van der Waals surface area contributed by atoms with Gasteiger partial charge in [-0.05, 0) is 79.3 Å². The minimum absolute atomic E-state index is 0.00684. The first-order chi connectivity index (χ1) is 15.3. The molecule has 5 heteroatoms. The molecule has 0 spiro atoms. The van der Waals surface area contributed by atoms with E-state index in [0.717, 1.165) is 27.8 Å². The largest absolute Gasteiger partial charge is 0.292 e. The fourth-order valence-corrected chi connectivity index (χ4v) is 3.02. The van der Waals surface area contributed by atoms with Crippen molar-refractivity contribution in [1.29, 1.82) is 0 Å². The van der Waals surface area contributed by atoms with Gasteiger partial charge in [-0.2, -0.15) is 5.10 Å². The summed E-state index contributed by atoms with van der Waals surface area (Å²) in [6.45, 7) is 8.10. The molecule has 0 unspecified atom stereocenters. The van der Waals surface area contributed by atoms with Crippen molar-refractivity contribution < 1.29 is 9.59 Å². The Bertz CT molecular complexity index is 1100. The Morgan fingerprint density at radius 2 is 1.25 bits per heavy atom. The molecule has 0 heterocycles. The molecule has 0 aliphatic carbocycles. The average molecular weight is 426 g/mol. The van der Waals surface area contributed by atoms with Crippen LogP contribution in [0.1, 0.15) is 54.1 Å². The Kier molecular flexibility index (Phi) is 7.45. The average Bonchev–Trinajstić information content (AvgIpc) is 2.78. The van der Waals surface area contributed by atoms with Gasteiger partial charge in [-0.15, -0.1) is 0 Å². The molecular weight excluding hydrogens is 398 g/mol. The van der Waals surface area contributed by atoms with Gasteiger partial charge >= 0.3 is 0 Å². The molecule has 0 aliphatic heterocycles. The molecule has 3 rings (SSSR count). The monoisotopic (exact) mass is 425 g/mol. The Balaban J connectivity index is 1.52. The predicted molar refractivity (Wildman–Crippen MR) is 130 cm³/mol. The summed E-state index contributed by atoms with van der Waals surface area (Å²) in [6.07, 6.45) is 3.27. The van der Waals surface area contributed by atoms with E-state index in [1.54, 1.807) is 18.5 Å². The fourth-order valence-electron chi connectivity index (χ4n) is 3.02.